The Morgan fingerprint density at radius 3 is 3.05 bits per heavy atom. The second-order valence-electron chi connectivity index (χ2n) is 5.44. The topological polar surface area (TPSA) is 54.0 Å². The summed E-state index contributed by atoms with van der Waals surface area (Å²) in [6, 6.07) is 5.34. The van der Waals surface area contributed by atoms with E-state index in [1.165, 1.54) is 0 Å². The number of rotatable bonds is 6. The van der Waals surface area contributed by atoms with E-state index in [4.69, 9.17) is 9.47 Å². The number of hydrogen-bond donors (Lipinski definition) is 2. The molecule has 2 unspecified atom stereocenters. The fraction of sp³-hybridized carbons (Fsp3) is 0.625. The van der Waals surface area contributed by atoms with Crippen molar-refractivity contribution in [1.82, 2.24) is 10.2 Å². The third-order valence-electron chi connectivity index (χ3n) is 4.02. The summed E-state index contributed by atoms with van der Waals surface area (Å²) in [5, 5.41) is 13.4. The molecule has 0 spiro atoms. The number of likely N-dealkylation sites (N-methyl/N-ethyl adjacent to an activating group) is 1. The molecule has 0 aliphatic carbocycles. The largest absolute Gasteiger partial charge is 0.508 e. The van der Waals surface area contributed by atoms with Crippen molar-refractivity contribution in [3.63, 3.8) is 0 Å². The summed E-state index contributed by atoms with van der Waals surface area (Å²) in [7, 11) is 1.63. The Morgan fingerprint density at radius 2 is 2.33 bits per heavy atom. The van der Waals surface area contributed by atoms with Gasteiger partial charge in [0, 0.05) is 31.2 Å². The van der Waals surface area contributed by atoms with Crippen LogP contribution >= 0.6 is 0 Å². The van der Waals surface area contributed by atoms with Crippen molar-refractivity contribution in [2.24, 2.45) is 0 Å². The molecule has 0 aromatic heterocycles. The number of nitrogens with zero attached hydrogens (tertiary/aromatic N) is 1. The lowest BCUT2D eigenvalue weighted by molar-refractivity contribution is -0.0262. The molecule has 0 amide bonds. The van der Waals surface area contributed by atoms with E-state index >= 15 is 0 Å². The van der Waals surface area contributed by atoms with Gasteiger partial charge in [0.05, 0.1) is 19.8 Å². The van der Waals surface area contributed by atoms with Crippen LogP contribution in [0.25, 0.3) is 0 Å². The fourth-order valence-corrected chi connectivity index (χ4v) is 2.62. The van der Waals surface area contributed by atoms with Crippen LogP contribution in [0.2, 0.25) is 0 Å². The van der Waals surface area contributed by atoms with Crippen LogP contribution in [0.1, 0.15) is 25.5 Å². The van der Waals surface area contributed by atoms with Crippen LogP contribution in [-0.2, 0) is 4.74 Å². The molecule has 1 aliphatic rings. The first-order valence-corrected chi connectivity index (χ1v) is 7.58. The monoisotopic (exact) mass is 294 g/mol. The molecule has 1 aliphatic heterocycles. The van der Waals surface area contributed by atoms with Crippen LogP contribution in [-0.4, -0.2) is 56.0 Å². The van der Waals surface area contributed by atoms with Gasteiger partial charge in [-0.25, -0.2) is 0 Å². The zero-order valence-corrected chi connectivity index (χ0v) is 13.1. The van der Waals surface area contributed by atoms with Gasteiger partial charge >= 0.3 is 0 Å². The van der Waals surface area contributed by atoms with Crippen molar-refractivity contribution < 1.29 is 14.6 Å². The average Bonchev–Trinajstić information content (AvgIpc) is 2.53. The van der Waals surface area contributed by atoms with E-state index in [-0.39, 0.29) is 17.9 Å². The second-order valence-corrected chi connectivity index (χ2v) is 5.44. The predicted molar refractivity (Wildman–Crippen MR) is 82.9 cm³/mol. The molecule has 1 saturated heterocycles. The lowest BCUT2D eigenvalue weighted by atomic mass is 10.1. The molecule has 5 nitrogen and oxygen atoms in total. The van der Waals surface area contributed by atoms with Gasteiger partial charge in [-0.3, -0.25) is 4.90 Å². The molecule has 2 atom stereocenters. The second kappa shape index (κ2) is 7.64. The highest BCUT2D eigenvalue weighted by atomic mass is 16.5. The number of nitrogens with one attached hydrogen (secondary N) is 1. The summed E-state index contributed by atoms with van der Waals surface area (Å²) < 4.78 is 11.0. The molecule has 1 heterocycles. The Bertz CT molecular complexity index is 453. The molecular weight excluding hydrogens is 268 g/mol. The normalized spacial score (nSPS) is 21.2. The van der Waals surface area contributed by atoms with Crippen molar-refractivity contribution >= 4 is 0 Å². The van der Waals surface area contributed by atoms with Gasteiger partial charge in [0.2, 0.25) is 0 Å². The lowest BCUT2D eigenvalue weighted by Crippen LogP contribution is -2.46. The first kappa shape index (κ1) is 16.1. The third kappa shape index (κ3) is 4.33. The summed E-state index contributed by atoms with van der Waals surface area (Å²) in [6.07, 6.45) is 0.203. The molecule has 2 rings (SSSR count). The number of ether oxygens (including phenoxy) is 2. The molecule has 1 aromatic rings. The summed E-state index contributed by atoms with van der Waals surface area (Å²) >= 11 is 0. The van der Waals surface area contributed by atoms with Crippen LogP contribution in [0.15, 0.2) is 18.2 Å². The highest BCUT2D eigenvalue weighted by molar-refractivity contribution is 5.41. The van der Waals surface area contributed by atoms with E-state index in [0.717, 1.165) is 44.1 Å². The highest BCUT2D eigenvalue weighted by Gasteiger charge is 2.20. The minimum absolute atomic E-state index is 0.0423. The van der Waals surface area contributed by atoms with Gasteiger partial charge < -0.3 is 19.9 Å². The quantitative estimate of drug-likeness (QED) is 0.837. The van der Waals surface area contributed by atoms with Gasteiger partial charge in [-0.1, -0.05) is 6.92 Å². The Morgan fingerprint density at radius 1 is 1.52 bits per heavy atom. The number of aromatic hydroxyl groups is 1. The zero-order valence-electron chi connectivity index (χ0n) is 13.1. The summed E-state index contributed by atoms with van der Waals surface area (Å²) in [6.45, 7) is 8.81. The van der Waals surface area contributed by atoms with Gasteiger partial charge in [0.1, 0.15) is 11.5 Å². The summed E-state index contributed by atoms with van der Waals surface area (Å²) in [4.78, 5) is 2.39. The Hall–Kier alpha value is -1.30. The van der Waals surface area contributed by atoms with E-state index in [1.54, 1.807) is 19.2 Å². The molecule has 0 saturated carbocycles. The van der Waals surface area contributed by atoms with Crippen LogP contribution < -0.4 is 10.1 Å². The molecule has 1 fully saturated rings. The van der Waals surface area contributed by atoms with Crippen molar-refractivity contribution in [2.75, 3.05) is 39.9 Å². The van der Waals surface area contributed by atoms with Crippen LogP contribution in [0.4, 0.5) is 0 Å². The smallest absolute Gasteiger partial charge is 0.120 e. The molecule has 0 radical (unpaired) electrons. The molecule has 21 heavy (non-hydrogen) atoms. The van der Waals surface area contributed by atoms with Crippen molar-refractivity contribution in [3.05, 3.63) is 23.8 Å². The zero-order chi connectivity index (χ0) is 15.2. The molecule has 2 N–H and O–H groups in total. The molecule has 5 heteroatoms. The minimum atomic E-state index is 0.0423. The van der Waals surface area contributed by atoms with E-state index in [2.05, 4.69) is 17.1 Å². The van der Waals surface area contributed by atoms with E-state index in [0.29, 0.717) is 0 Å². The van der Waals surface area contributed by atoms with Gasteiger partial charge in [-0.2, -0.15) is 0 Å². The van der Waals surface area contributed by atoms with Crippen molar-refractivity contribution in [1.29, 1.82) is 0 Å². The van der Waals surface area contributed by atoms with Crippen molar-refractivity contribution in [3.8, 4) is 11.5 Å². The Balaban J connectivity index is 1.90. The van der Waals surface area contributed by atoms with E-state index in [9.17, 15) is 5.11 Å². The van der Waals surface area contributed by atoms with Gasteiger partial charge in [-0.05, 0) is 31.7 Å². The maximum atomic E-state index is 9.98. The fourth-order valence-electron chi connectivity index (χ4n) is 2.62. The van der Waals surface area contributed by atoms with Gasteiger partial charge in [-0.15, -0.1) is 0 Å². The Kier molecular flexibility index (Phi) is 5.85. The molecular formula is C16H26N2O3. The SMILES string of the molecule is CCN1CCOC(CNC(C)c2cc(OC)ccc2O)C1. The summed E-state index contributed by atoms with van der Waals surface area (Å²) in [5.74, 6) is 1.04. The molecule has 118 valence electrons. The number of benzene rings is 1. The minimum Gasteiger partial charge on any atom is -0.508 e. The van der Waals surface area contributed by atoms with E-state index in [1.807, 2.05) is 13.0 Å². The number of phenols is 1. The maximum Gasteiger partial charge on any atom is 0.120 e. The van der Waals surface area contributed by atoms with Crippen LogP contribution in [0.5, 0.6) is 11.5 Å². The van der Waals surface area contributed by atoms with Crippen LogP contribution in [0, 0.1) is 0 Å². The number of methoxy groups -OCH3 is 1. The van der Waals surface area contributed by atoms with Crippen molar-refractivity contribution in [2.45, 2.75) is 26.0 Å². The molecule has 1 aromatic carbocycles. The lowest BCUT2D eigenvalue weighted by Gasteiger charge is -2.32. The van der Waals surface area contributed by atoms with Crippen LogP contribution in [0.3, 0.4) is 0 Å². The number of hydrogen-bond acceptors (Lipinski definition) is 5. The predicted octanol–water partition coefficient (Wildman–Crippen LogP) is 1.77. The molecule has 0 bridgehead atoms. The first-order valence-electron chi connectivity index (χ1n) is 7.58. The number of phenolic OH excluding ortho intramolecular Hbond substituents is 1. The highest BCUT2D eigenvalue weighted by Crippen LogP contribution is 2.28. The Labute approximate surface area is 126 Å². The standard InChI is InChI=1S/C16H26N2O3/c1-4-18-7-8-21-14(11-18)10-17-12(2)15-9-13(20-3)5-6-16(15)19/h5-6,9,12,14,17,19H,4,7-8,10-11H2,1-3H3. The van der Waals surface area contributed by atoms with Gasteiger partial charge in [0.25, 0.3) is 0 Å². The summed E-state index contributed by atoms with van der Waals surface area (Å²) in [5.41, 5.74) is 0.845. The van der Waals surface area contributed by atoms with Gasteiger partial charge in [0.15, 0.2) is 0 Å². The number of morpholine rings is 1. The first-order chi connectivity index (χ1) is 10.1. The maximum absolute atomic E-state index is 9.98. The average molecular weight is 294 g/mol. The van der Waals surface area contributed by atoms with E-state index < -0.39 is 0 Å². The third-order valence-corrected chi connectivity index (χ3v) is 4.02.